The van der Waals surface area contributed by atoms with E-state index in [2.05, 4.69) is 10.1 Å². The fraction of sp³-hybridized carbons (Fsp3) is 0.118. The van der Waals surface area contributed by atoms with E-state index in [1.165, 1.54) is 12.1 Å². The van der Waals surface area contributed by atoms with Crippen LogP contribution in [0.1, 0.15) is 16.2 Å². The van der Waals surface area contributed by atoms with Crippen molar-refractivity contribution in [3.8, 4) is 17.1 Å². The van der Waals surface area contributed by atoms with Crippen molar-refractivity contribution in [1.82, 2.24) is 10.1 Å². The largest absolute Gasteiger partial charge is 0.497 e. The number of nitro groups is 1. The minimum Gasteiger partial charge on any atom is -0.497 e. The van der Waals surface area contributed by atoms with E-state index in [0.29, 0.717) is 17.1 Å². The topological polar surface area (TPSA) is 118 Å². The molecule has 1 aromatic heterocycles. The molecule has 0 N–H and O–H groups in total. The van der Waals surface area contributed by atoms with Crippen molar-refractivity contribution in [1.29, 1.82) is 0 Å². The molecule has 1 heterocycles. The molecule has 0 atom stereocenters. The van der Waals surface area contributed by atoms with Crippen LogP contribution in [0.15, 0.2) is 47.0 Å². The third-order valence-electron chi connectivity index (χ3n) is 3.50. The smallest absolute Gasteiger partial charge is 0.338 e. The quantitative estimate of drug-likeness (QED) is 0.356. The summed E-state index contributed by atoms with van der Waals surface area (Å²) in [4.78, 5) is 26.4. The van der Waals surface area contributed by atoms with Crippen molar-refractivity contribution in [2.24, 2.45) is 0 Å². The molecule has 3 rings (SSSR count). The number of aromatic nitrogens is 2. The Bertz CT molecular complexity index is 1000. The molecule has 0 saturated carbocycles. The van der Waals surface area contributed by atoms with Crippen LogP contribution in [0.5, 0.6) is 5.75 Å². The van der Waals surface area contributed by atoms with Crippen LogP contribution in [-0.4, -0.2) is 28.1 Å². The molecule has 0 radical (unpaired) electrons. The summed E-state index contributed by atoms with van der Waals surface area (Å²) in [6, 6.07) is 10.7. The molecule has 0 aliphatic carbocycles. The van der Waals surface area contributed by atoms with Crippen LogP contribution in [0.4, 0.5) is 5.69 Å². The summed E-state index contributed by atoms with van der Waals surface area (Å²) in [6.45, 7) is -0.285. The van der Waals surface area contributed by atoms with Gasteiger partial charge in [0.25, 0.3) is 11.6 Å². The molecule has 0 spiro atoms. The number of carbonyl (C=O) groups excluding carboxylic acids is 1. The van der Waals surface area contributed by atoms with E-state index < -0.39 is 10.9 Å². The van der Waals surface area contributed by atoms with Gasteiger partial charge < -0.3 is 14.0 Å². The van der Waals surface area contributed by atoms with Crippen molar-refractivity contribution in [3.05, 3.63) is 69.1 Å². The summed E-state index contributed by atoms with van der Waals surface area (Å²) in [6.07, 6.45) is 0. The van der Waals surface area contributed by atoms with Gasteiger partial charge in [-0.2, -0.15) is 4.98 Å². The molecule has 10 heteroatoms. The van der Waals surface area contributed by atoms with Crippen LogP contribution in [-0.2, 0) is 11.3 Å². The lowest BCUT2D eigenvalue weighted by molar-refractivity contribution is -0.384. The van der Waals surface area contributed by atoms with E-state index in [9.17, 15) is 14.9 Å². The number of methoxy groups -OCH3 is 1. The highest BCUT2D eigenvalue weighted by atomic mass is 35.5. The average molecular weight is 390 g/mol. The number of benzene rings is 2. The van der Waals surface area contributed by atoms with Crippen LogP contribution >= 0.6 is 11.6 Å². The molecule has 27 heavy (non-hydrogen) atoms. The van der Waals surface area contributed by atoms with E-state index in [4.69, 9.17) is 25.6 Å². The highest BCUT2D eigenvalue weighted by Crippen LogP contribution is 2.26. The normalized spacial score (nSPS) is 10.4. The van der Waals surface area contributed by atoms with E-state index in [0.717, 1.165) is 6.07 Å². The third-order valence-corrected chi connectivity index (χ3v) is 3.82. The Hall–Kier alpha value is -3.46. The lowest BCUT2D eigenvalue weighted by atomic mass is 10.2. The molecule has 0 fully saturated rings. The number of hydrogen-bond donors (Lipinski definition) is 0. The number of halogens is 1. The van der Waals surface area contributed by atoms with E-state index in [1.54, 1.807) is 31.4 Å². The van der Waals surface area contributed by atoms with Crippen molar-refractivity contribution in [2.45, 2.75) is 6.61 Å². The number of carbonyl (C=O) groups is 1. The summed E-state index contributed by atoms with van der Waals surface area (Å²) in [5.41, 5.74) is 0.270. The van der Waals surface area contributed by atoms with Crippen LogP contribution < -0.4 is 4.74 Å². The molecule has 2 aromatic carbocycles. The Labute approximate surface area is 157 Å². The molecule has 138 valence electrons. The minimum absolute atomic E-state index is 0.0152. The van der Waals surface area contributed by atoms with Gasteiger partial charge in [-0.05, 0) is 24.3 Å². The van der Waals surface area contributed by atoms with Gasteiger partial charge in [0.05, 0.1) is 17.6 Å². The van der Waals surface area contributed by atoms with Crippen molar-refractivity contribution in [2.75, 3.05) is 7.11 Å². The predicted molar refractivity (Wildman–Crippen MR) is 93.5 cm³/mol. The first-order valence-electron chi connectivity index (χ1n) is 7.56. The fourth-order valence-corrected chi connectivity index (χ4v) is 2.37. The molecule has 0 bridgehead atoms. The Kier molecular flexibility index (Phi) is 5.32. The van der Waals surface area contributed by atoms with Crippen LogP contribution in [0.2, 0.25) is 5.02 Å². The lowest BCUT2D eigenvalue weighted by Gasteiger charge is -2.02. The molecule has 9 nitrogen and oxygen atoms in total. The van der Waals surface area contributed by atoms with Crippen LogP contribution in [0, 0.1) is 10.1 Å². The monoisotopic (exact) mass is 389 g/mol. The van der Waals surface area contributed by atoms with Crippen molar-refractivity contribution in [3.63, 3.8) is 0 Å². The highest BCUT2D eigenvalue weighted by molar-refractivity contribution is 6.32. The van der Waals surface area contributed by atoms with Gasteiger partial charge in [0, 0.05) is 11.6 Å². The molecule has 0 amide bonds. The molecular formula is C17H12ClN3O6. The van der Waals surface area contributed by atoms with E-state index in [-0.39, 0.29) is 28.8 Å². The first-order chi connectivity index (χ1) is 13.0. The van der Waals surface area contributed by atoms with Crippen LogP contribution in [0.25, 0.3) is 11.4 Å². The zero-order valence-corrected chi connectivity index (χ0v) is 14.7. The number of hydrogen-bond acceptors (Lipinski definition) is 8. The molecule has 0 aliphatic heterocycles. The number of nitro benzene ring substituents is 1. The van der Waals surface area contributed by atoms with Gasteiger partial charge in [0.1, 0.15) is 10.8 Å². The van der Waals surface area contributed by atoms with Crippen LogP contribution in [0.3, 0.4) is 0 Å². The van der Waals surface area contributed by atoms with Gasteiger partial charge in [-0.1, -0.05) is 28.9 Å². The Morgan fingerprint density at radius 1 is 1.30 bits per heavy atom. The summed E-state index contributed by atoms with van der Waals surface area (Å²) < 4.78 is 15.2. The van der Waals surface area contributed by atoms with Gasteiger partial charge in [0.2, 0.25) is 5.82 Å². The highest BCUT2D eigenvalue weighted by Gasteiger charge is 2.18. The zero-order chi connectivity index (χ0) is 19.4. The molecule has 3 aromatic rings. The second kappa shape index (κ2) is 7.83. The molecular weight excluding hydrogens is 378 g/mol. The summed E-state index contributed by atoms with van der Waals surface area (Å²) in [7, 11) is 1.54. The zero-order valence-electron chi connectivity index (χ0n) is 13.9. The molecule has 0 saturated heterocycles. The van der Waals surface area contributed by atoms with Gasteiger partial charge in [-0.15, -0.1) is 0 Å². The third kappa shape index (κ3) is 4.21. The van der Waals surface area contributed by atoms with Gasteiger partial charge in [-0.25, -0.2) is 4.79 Å². The molecule has 0 unspecified atom stereocenters. The number of esters is 1. The SMILES string of the molecule is COc1cccc(-c2noc(COC(=O)c3ccc(Cl)c([N+](=O)[O-])c3)n2)c1. The van der Waals surface area contributed by atoms with Gasteiger partial charge in [-0.3, -0.25) is 10.1 Å². The van der Waals surface area contributed by atoms with Crippen molar-refractivity contribution < 1.29 is 23.7 Å². The Morgan fingerprint density at radius 2 is 2.11 bits per heavy atom. The first-order valence-corrected chi connectivity index (χ1v) is 7.94. The maximum Gasteiger partial charge on any atom is 0.338 e. The average Bonchev–Trinajstić information content (AvgIpc) is 3.15. The van der Waals surface area contributed by atoms with Gasteiger partial charge in [0.15, 0.2) is 6.61 Å². The number of nitrogens with zero attached hydrogens (tertiary/aromatic N) is 3. The van der Waals surface area contributed by atoms with E-state index >= 15 is 0 Å². The minimum atomic E-state index is -0.782. The second-order valence-electron chi connectivity index (χ2n) is 5.24. The van der Waals surface area contributed by atoms with Gasteiger partial charge >= 0.3 is 5.97 Å². The first kappa shape index (κ1) is 18.3. The Balaban J connectivity index is 1.69. The second-order valence-corrected chi connectivity index (χ2v) is 5.65. The molecule has 0 aliphatic rings. The van der Waals surface area contributed by atoms with Crippen molar-refractivity contribution >= 4 is 23.3 Å². The predicted octanol–water partition coefficient (Wildman–Crippen LogP) is 3.66. The fourth-order valence-electron chi connectivity index (χ4n) is 2.18. The summed E-state index contributed by atoms with van der Waals surface area (Å²) in [5.74, 6) is 0.234. The lowest BCUT2D eigenvalue weighted by Crippen LogP contribution is -2.06. The maximum absolute atomic E-state index is 12.1. The number of ether oxygens (including phenoxy) is 2. The summed E-state index contributed by atoms with van der Waals surface area (Å²) >= 11 is 5.72. The Morgan fingerprint density at radius 3 is 2.85 bits per heavy atom. The standard InChI is InChI=1S/C17H12ClN3O6/c1-25-12-4-2-3-10(7-12)16-19-15(27-20-16)9-26-17(22)11-5-6-13(18)14(8-11)21(23)24/h2-8H,9H2,1H3. The maximum atomic E-state index is 12.1. The van der Waals surface area contributed by atoms with E-state index in [1.807, 2.05) is 0 Å². The summed E-state index contributed by atoms with van der Waals surface area (Å²) in [5, 5.41) is 14.6. The number of rotatable bonds is 6.